The van der Waals surface area contributed by atoms with E-state index in [1.165, 1.54) is 0 Å². The van der Waals surface area contributed by atoms with Gasteiger partial charge in [-0.05, 0) is 30.2 Å². The number of nitrogens with zero attached hydrogens (tertiary/aromatic N) is 1. The molecule has 0 bridgehead atoms. The van der Waals surface area contributed by atoms with E-state index in [0.29, 0.717) is 24.5 Å². The molecule has 5 aromatic rings. The van der Waals surface area contributed by atoms with Gasteiger partial charge < -0.3 is 14.0 Å². The summed E-state index contributed by atoms with van der Waals surface area (Å²) in [6.07, 6.45) is -0.255. The molecule has 198 valence electrons. The van der Waals surface area contributed by atoms with Gasteiger partial charge in [0.1, 0.15) is 11.5 Å². The maximum Gasteiger partial charge on any atom is 0.297 e. The van der Waals surface area contributed by atoms with Crippen LogP contribution < -0.4 is 9.47 Å². The first-order valence-electron chi connectivity index (χ1n) is 12.8. The largest absolute Gasteiger partial charge is 0.496 e. The quantitative estimate of drug-likeness (QED) is 0.217. The molecule has 0 saturated heterocycles. The molecule has 4 aromatic carbocycles. The van der Waals surface area contributed by atoms with Crippen molar-refractivity contribution < 1.29 is 22.1 Å². The maximum absolute atomic E-state index is 13.3. The third-order valence-corrected chi connectivity index (χ3v) is 8.67. The molecular weight excluding hydrogens is 510 g/mol. The molecule has 0 amide bonds. The Labute approximate surface area is 228 Å². The van der Waals surface area contributed by atoms with Crippen molar-refractivity contribution in [3.05, 3.63) is 102 Å². The molecule has 0 aliphatic carbocycles. The van der Waals surface area contributed by atoms with Crippen LogP contribution in [0.5, 0.6) is 11.5 Å². The fourth-order valence-electron chi connectivity index (χ4n) is 5.57. The van der Waals surface area contributed by atoms with Gasteiger partial charge in [-0.2, -0.15) is 8.42 Å². The lowest BCUT2D eigenvalue weighted by Crippen LogP contribution is -2.30. The Kier molecular flexibility index (Phi) is 6.41. The first kappa shape index (κ1) is 25.2. The van der Waals surface area contributed by atoms with Crippen LogP contribution in [-0.2, 0) is 27.3 Å². The molecule has 0 radical (unpaired) electrons. The Bertz CT molecular complexity index is 1760. The highest BCUT2D eigenvalue weighted by atomic mass is 32.2. The van der Waals surface area contributed by atoms with Gasteiger partial charge in [-0.25, -0.2) is 0 Å². The van der Waals surface area contributed by atoms with Crippen molar-refractivity contribution in [2.24, 2.45) is 0 Å². The van der Waals surface area contributed by atoms with Gasteiger partial charge in [0.25, 0.3) is 10.1 Å². The first-order chi connectivity index (χ1) is 18.9. The average Bonchev–Trinajstić information content (AvgIpc) is 3.30. The fourth-order valence-corrected chi connectivity index (χ4v) is 6.64. The summed E-state index contributed by atoms with van der Waals surface area (Å²) in [5, 5.41) is 0.971. The second kappa shape index (κ2) is 9.91. The van der Waals surface area contributed by atoms with Gasteiger partial charge >= 0.3 is 0 Å². The molecule has 2 heterocycles. The van der Waals surface area contributed by atoms with E-state index in [4.69, 9.17) is 13.7 Å². The highest BCUT2D eigenvalue weighted by molar-refractivity contribution is 7.86. The third-order valence-electron chi connectivity index (χ3n) is 7.30. The van der Waals surface area contributed by atoms with E-state index in [-0.39, 0.29) is 4.90 Å². The first-order valence-corrected chi connectivity index (χ1v) is 14.2. The summed E-state index contributed by atoms with van der Waals surface area (Å²) < 4.78 is 46.5. The topological polar surface area (TPSA) is 66.8 Å². The summed E-state index contributed by atoms with van der Waals surface area (Å²) in [6, 6.07) is 29.0. The number of rotatable bonds is 7. The van der Waals surface area contributed by atoms with E-state index < -0.39 is 16.2 Å². The number of aryl methyl sites for hydroxylation is 1. The zero-order valence-corrected chi connectivity index (χ0v) is 22.9. The summed E-state index contributed by atoms with van der Waals surface area (Å²) in [5.41, 5.74) is 6.90. The fraction of sp³-hybridized carbons (Fsp3) is 0.188. The van der Waals surface area contributed by atoms with Gasteiger partial charge in [0.05, 0.1) is 48.4 Å². The Morgan fingerprint density at radius 1 is 0.795 bits per heavy atom. The van der Waals surface area contributed by atoms with Crippen LogP contribution in [0.2, 0.25) is 0 Å². The van der Waals surface area contributed by atoms with E-state index in [9.17, 15) is 8.42 Å². The van der Waals surface area contributed by atoms with Gasteiger partial charge in [0.15, 0.2) is 0 Å². The predicted molar refractivity (Wildman–Crippen MR) is 153 cm³/mol. The van der Waals surface area contributed by atoms with E-state index in [1.54, 1.807) is 38.5 Å². The summed E-state index contributed by atoms with van der Waals surface area (Å²) in [4.78, 5) is 0.145. The van der Waals surface area contributed by atoms with Crippen molar-refractivity contribution in [2.75, 3.05) is 14.2 Å². The van der Waals surface area contributed by atoms with Crippen LogP contribution in [0.1, 0.15) is 11.1 Å². The number of aromatic nitrogens is 1. The minimum atomic E-state index is -3.98. The Balaban J connectivity index is 1.60. The summed E-state index contributed by atoms with van der Waals surface area (Å²) in [7, 11) is -0.702. The Morgan fingerprint density at radius 2 is 1.41 bits per heavy atom. The monoisotopic (exact) mass is 539 g/mol. The second-order valence-corrected chi connectivity index (χ2v) is 11.3. The van der Waals surface area contributed by atoms with Crippen LogP contribution in [0.15, 0.2) is 95.9 Å². The van der Waals surface area contributed by atoms with Crippen LogP contribution in [0.3, 0.4) is 0 Å². The number of methoxy groups -OCH3 is 2. The van der Waals surface area contributed by atoms with Crippen LogP contribution in [0.4, 0.5) is 0 Å². The van der Waals surface area contributed by atoms with Gasteiger partial charge in [-0.1, -0.05) is 78.4 Å². The molecule has 0 N–H and O–H groups in total. The van der Waals surface area contributed by atoms with Crippen LogP contribution in [-0.4, -0.2) is 33.3 Å². The molecule has 7 heteroatoms. The van der Waals surface area contributed by atoms with E-state index in [0.717, 1.165) is 44.4 Å². The highest BCUT2D eigenvalue weighted by Crippen LogP contribution is 2.50. The van der Waals surface area contributed by atoms with Crippen LogP contribution in [0.25, 0.3) is 33.3 Å². The van der Waals surface area contributed by atoms with Crippen molar-refractivity contribution in [1.29, 1.82) is 0 Å². The molecule has 0 fully saturated rings. The van der Waals surface area contributed by atoms with E-state index in [1.807, 2.05) is 49.4 Å². The molecule has 1 unspecified atom stereocenters. The van der Waals surface area contributed by atoms with Crippen LogP contribution >= 0.6 is 0 Å². The lowest BCUT2D eigenvalue weighted by molar-refractivity contribution is 0.184. The summed E-state index contributed by atoms with van der Waals surface area (Å²) >= 11 is 0. The third kappa shape index (κ3) is 4.37. The normalized spacial score (nSPS) is 14.9. The molecule has 1 atom stereocenters. The molecule has 0 spiro atoms. The van der Waals surface area contributed by atoms with Crippen molar-refractivity contribution in [1.82, 2.24) is 4.57 Å². The number of hydrogen-bond acceptors (Lipinski definition) is 5. The van der Waals surface area contributed by atoms with E-state index >= 15 is 0 Å². The van der Waals surface area contributed by atoms with Crippen molar-refractivity contribution in [3.63, 3.8) is 0 Å². The molecule has 1 aliphatic rings. The molecular formula is C32H29NO5S. The lowest BCUT2D eigenvalue weighted by atomic mass is 9.95. The van der Waals surface area contributed by atoms with Gasteiger partial charge in [0.2, 0.25) is 0 Å². The second-order valence-electron chi connectivity index (χ2n) is 9.74. The molecule has 39 heavy (non-hydrogen) atoms. The number of ether oxygens (including phenoxy) is 2. The van der Waals surface area contributed by atoms with Gasteiger partial charge in [-0.3, -0.25) is 4.18 Å². The molecule has 0 saturated carbocycles. The van der Waals surface area contributed by atoms with Crippen molar-refractivity contribution >= 4 is 21.0 Å². The lowest BCUT2D eigenvalue weighted by Gasteiger charge is -2.27. The molecule has 1 aromatic heterocycles. The minimum absolute atomic E-state index is 0.145. The molecule has 6 rings (SSSR count). The zero-order valence-electron chi connectivity index (χ0n) is 22.0. The molecule has 6 nitrogen and oxygen atoms in total. The molecule has 1 aliphatic heterocycles. The van der Waals surface area contributed by atoms with Crippen LogP contribution in [0, 0.1) is 6.92 Å². The smallest absolute Gasteiger partial charge is 0.297 e. The Hall–Kier alpha value is -4.07. The SMILES string of the molecule is COc1cc(OC)c2c(-c3ccccc3)c(-c3ccccc3)n3c2c1CC(OS(=O)(=O)c1ccc(C)cc1)C3. The summed E-state index contributed by atoms with van der Waals surface area (Å²) in [5.74, 6) is 1.34. The van der Waals surface area contributed by atoms with Gasteiger partial charge in [0, 0.05) is 23.6 Å². The average molecular weight is 540 g/mol. The van der Waals surface area contributed by atoms with Crippen molar-refractivity contribution in [3.8, 4) is 33.9 Å². The minimum Gasteiger partial charge on any atom is -0.496 e. The predicted octanol–water partition coefficient (Wildman–Crippen LogP) is 6.63. The van der Waals surface area contributed by atoms with Gasteiger partial charge in [-0.15, -0.1) is 0 Å². The summed E-state index contributed by atoms with van der Waals surface area (Å²) in [6.45, 7) is 2.27. The standard InChI is InChI=1S/C32H29NO5S/c1-21-14-16-25(17-15-21)39(34,35)38-24-18-26-27(36-2)19-28(37-3)30-29(22-10-6-4-7-11-22)31(33(20-24)32(26)30)23-12-8-5-9-13-23/h4-17,19,24H,18,20H2,1-3H3. The zero-order chi connectivity index (χ0) is 27.1. The van der Waals surface area contributed by atoms with Crippen molar-refractivity contribution in [2.45, 2.75) is 30.9 Å². The highest BCUT2D eigenvalue weighted by Gasteiger charge is 2.34. The Morgan fingerprint density at radius 3 is 2.03 bits per heavy atom. The van der Waals surface area contributed by atoms with E-state index in [2.05, 4.69) is 28.8 Å². The maximum atomic E-state index is 13.3. The number of hydrogen-bond donors (Lipinski definition) is 0. The number of benzene rings is 4.